The van der Waals surface area contributed by atoms with E-state index in [1.807, 2.05) is 49.2 Å². The number of aryl methyl sites for hydroxylation is 1. The number of carbonyl (C=O) groups excluding carboxylic acids is 1. The molecular weight excluding hydrogens is 362 g/mol. The van der Waals surface area contributed by atoms with E-state index in [0.717, 1.165) is 11.3 Å². The molecule has 0 fully saturated rings. The summed E-state index contributed by atoms with van der Waals surface area (Å²) >= 11 is 0. The zero-order valence-electron chi connectivity index (χ0n) is 16.3. The van der Waals surface area contributed by atoms with Crippen LogP contribution in [0, 0.1) is 6.92 Å². The first-order valence-corrected chi connectivity index (χ1v) is 10.4. The van der Waals surface area contributed by atoms with Gasteiger partial charge in [0.05, 0.1) is 11.4 Å². The summed E-state index contributed by atoms with van der Waals surface area (Å²) in [7, 11) is -1.73. The van der Waals surface area contributed by atoms with Crippen molar-refractivity contribution in [3.63, 3.8) is 0 Å². The van der Waals surface area contributed by atoms with Crippen LogP contribution in [0.2, 0.25) is 0 Å². The molecule has 2 aromatic carbocycles. The fourth-order valence-electron chi connectivity index (χ4n) is 2.79. The Hall–Kier alpha value is -2.38. The predicted octanol–water partition coefficient (Wildman–Crippen LogP) is 3.10. The molecule has 0 aliphatic heterocycles. The van der Waals surface area contributed by atoms with Crippen molar-refractivity contribution in [1.29, 1.82) is 0 Å². The summed E-state index contributed by atoms with van der Waals surface area (Å²) in [5.41, 5.74) is 2.25. The van der Waals surface area contributed by atoms with Crippen molar-refractivity contribution in [2.24, 2.45) is 0 Å². The van der Waals surface area contributed by atoms with E-state index in [1.165, 1.54) is 10.4 Å². The van der Waals surface area contributed by atoms with Crippen molar-refractivity contribution < 1.29 is 13.2 Å². The molecule has 2 aromatic rings. The van der Waals surface area contributed by atoms with Crippen LogP contribution in [0.25, 0.3) is 0 Å². The molecule has 146 valence electrons. The third kappa shape index (κ3) is 5.08. The number of likely N-dealkylation sites (N-methyl/N-ethyl adjacent to an activating group) is 1. The summed E-state index contributed by atoms with van der Waals surface area (Å²) in [5.74, 6) is -0.207. The molecule has 7 heteroatoms. The lowest BCUT2D eigenvalue weighted by Gasteiger charge is -2.21. The fourth-order valence-corrected chi connectivity index (χ4v) is 4.27. The number of benzene rings is 2. The van der Waals surface area contributed by atoms with Crippen LogP contribution in [0.15, 0.2) is 53.4 Å². The molecule has 0 saturated heterocycles. The van der Waals surface area contributed by atoms with Gasteiger partial charge in [0.1, 0.15) is 0 Å². The van der Waals surface area contributed by atoms with Gasteiger partial charge in [-0.2, -0.15) is 4.31 Å². The lowest BCUT2D eigenvalue weighted by molar-refractivity contribution is -0.114. The second kappa shape index (κ2) is 9.01. The Morgan fingerprint density at radius 2 is 1.67 bits per heavy atom. The molecule has 0 spiro atoms. The number of carbonyl (C=O) groups is 1. The van der Waals surface area contributed by atoms with Crippen molar-refractivity contribution in [2.75, 3.05) is 36.9 Å². The second-order valence-electron chi connectivity index (χ2n) is 6.31. The van der Waals surface area contributed by atoms with Crippen LogP contribution in [0.5, 0.6) is 0 Å². The molecule has 0 saturated carbocycles. The molecule has 0 heterocycles. The molecule has 0 radical (unpaired) electrons. The van der Waals surface area contributed by atoms with Gasteiger partial charge in [0, 0.05) is 31.5 Å². The normalized spacial score (nSPS) is 11.4. The van der Waals surface area contributed by atoms with E-state index in [1.54, 1.807) is 26.0 Å². The molecule has 0 atom stereocenters. The number of nitrogens with one attached hydrogen (secondary N) is 1. The highest BCUT2D eigenvalue weighted by Crippen LogP contribution is 2.23. The predicted molar refractivity (Wildman–Crippen MR) is 110 cm³/mol. The maximum Gasteiger partial charge on any atom is 0.243 e. The first-order chi connectivity index (χ1) is 12.8. The van der Waals surface area contributed by atoms with Gasteiger partial charge in [-0.25, -0.2) is 8.42 Å². The Morgan fingerprint density at radius 3 is 2.26 bits per heavy atom. The highest BCUT2D eigenvalue weighted by atomic mass is 32.2. The lowest BCUT2D eigenvalue weighted by Crippen LogP contribution is -2.31. The Morgan fingerprint density at radius 1 is 1.04 bits per heavy atom. The summed E-state index contributed by atoms with van der Waals surface area (Å²) in [6.07, 6.45) is 0. The fraction of sp³-hybridized carbons (Fsp3) is 0.350. The Bertz CT molecular complexity index is 879. The third-order valence-electron chi connectivity index (χ3n) is 4.40. The van der Waals surface area contributed by atoms with Gasteiger partial charge in [0.15, 0.2) is 0 Å². The minimum atomic E-state index is -3.57. The monoisotopic (exact) mass is 389 g/mol. The van der Waals surface area contributed by atoms with Crippen LogP contribution in [0.4, 0.5) is 11.4 Å². The van der Waals surface area contributed by atoms with Gasteiger partial charge in [-0.15, -0.1) is 0 Å². The first-order valence-electron chi connectivity index (χ1n) is 8.96. The molecule has 27 heavy (non-hydrogen) atoms. The first kappa shape index (κ1) is 20.9. The minimum absolute atomic E-state index is 0.163. The van der Waals surface area contributed by atoms with Crippen LogP contribution in [0.1, 0.15) is 19.4 Å². The molecule has 6 nitrogen and oxygen atoms in total. The summed E-state index contributed by atoms with van der Waals surface area (Å²) in [6.45, 7) is 6.40. The van der Waals surface area contributed by atoms with Crippen molar-refractivity contribution in [2.45, 2.75) is 25.7 Å². The van der Waals surface area contributed by atoms with Crippen LogP contribution in [-0.2, 0) is 14.8 Å². The van der Waals surface area contributed by atoms with Gasteiger partial charge in [0.25, 0.3) is 0 Å². The van der Waals surface area contributed by atoms with Crippen molar-refractivity contribution in [3.8, 4) is 0 Å². The average molecular weight is 390 g/mol. The maximum atomic E-state index is 12.7. The van der Waals surface area contributed by atoms with E-state index in [2.05, 4.69) is 5.32 Å². The topological polar surface area (TPSA) is 69.7 Å². The average Bonchev–Trinajstić information content (AvgIpc) is 2.64. The molecule has 2 rings (SSSR count). The maximum absolute atomic E-state index is 12.7. The summed E-state index contributed by atoms with van der Waals surface area (Å²) < 4.78 is 26.8. The molecule has 0 aliphatic carbocycles. The number of anilines is 2. The lowest BCUT2D eigenvalue weighted by atomic mass is 10.2. The van der Waals surface area contributed by atoms with Crippen molar-refractivity contribution >= 4 is 27.3 Å². The van der Waals surface area contributed by atoms with E-state index >= 15 is 0 Å². The molecule has 0 unspecified atom stereocenters. The quantitative estimate of drug-likeness (QED) is 0.753. The Kier molecular flexibility index (Phi) is 6.98. The van der Waals surface area contributed by atoms with Crippen LogP contribution in [0.3, 0.4) is 0 Å². The number of rotatable bonds is 8. The highest BCUT2D eigenvalue weighted by Gasteiger charge is 2.22. The highest BCUT2D eigenvalue weighted by molar-refractivity contribution is 7.89. The molecule has 0 aliphatic rings. The Labute approximate surface area is 161 Å². The van der Waals surface area contributed by atoms with Gasteiger partial charge >= 0.3 is 0 Å². The van der Waals surface area contributed by atoms with E-state index in [4.69, 9.17) is 0 Å². The molecule has 1 N–H and O–H groups in total. The molecule has 0 aromatic heterocycles. The smallest absolute Gasteiger partial charge is 0.243 e. The number of nitrogens with zero attached hydrogens (tertiary/aromatic N) is 2. The number of hydrogen-bond donors (Lipinski definition) is 1. The molecule has 0 bridgehead atoms. The van der Waals surface area contributed by atoms with Gasteiger partial charge in [-0.05, 0) is 36.8 Å². The number of amides is 1. The zero-order chi connectivity index (χ0) is 20.0. The molecule has 1 amide bonds. The SMILES string of the molecule is CCN(CC)S(=O)(=O)c1ccc(C)c(NC(=O)CN(C)c2ccccc2)c1. The number of para-hydroxylation sites is 1. The Balaban J connectivity index is 2.18. The van der Waals surface area contributed by atoms with Crippen LogP contribution in [-0.4, -0.2) is 45.3 Å². The van der Waals surface area contributed by atoms with E-state index in [9.17, 15) is 13.2 Å². The standard InChI is InChI=1S/C20H27N3O3S/c1-5-23(6-2)27(25,26)18-13-12-16(3)19(14-18)21-20(24)15-22(4)17-10-8-7-9-11-17/h7-14H,5-6,15H2,1-4H3,(H,21,24). The third-order valence-corrected chi connectivity index (χ3v) is 6.45. The van der Waals surface area contributed by atoms with E-state index in [0.29, 0.717) is 18.8 Å². The zero-order valence-corrected chi connectivity index (χ0v) is 17.1. The largest absolute Gasteiger partial charge is 0.365 e. The van der Waals surface area contributed by atoms with Gasteiger partial charge in [-0.1, -0.05) is 38.1 Å². The number of sulfonamides is 1. The molecular formula is C20H27N3O3S. The number of hydrogen-bond acceptors (Lipinski definition) is 4. The van der Waals surface area contributed by atoms with Crippen molar-refractivity contribution in [3.05, 3.63) is 54.1 Å². The summed E-state index contributed by atoms with van der Waals surface area (Å²) in [6, 6.07) is 14.4. The van der Waals surface area contributed by atoms with E-state index in [-0.39, 0.29) is 17.3 Å². The second-order valence-corrected chi connectivity index (χ2v) is 8.24. The van der Waals surface area contributed by atoms with Crippen LogP contribution < -0.4 is 10.2 Å². The van der Waals surface area contributed by atoms with Gasteiger partial charge < -0.3 is 10.2 Å². The summed E-state index contributed by atoms with van der Waals surface area (Å²) in [4.78, 5) is 14.5. The summed E-state index contributed by atoms with van der Waals surface area (Å²) in [5, 5.41) is 2.83. The van der Waals surface area contributed by atoms with E-state index < -0.39 is 10.0 Å². The van der Waals surface area contributed by atoms with Gasteiger partial charge in [-0.3, -0.25) is 4.79 Å². The van der Waals surface area contributed by atoms with Crippen LogP contribution >= 0.6 is 0 Å². The minimum Gasteiger partial charge on any atom is -0.365 e. The van der Waals surface area contributed by atoms with Gasteiger partial charge in [0.2, 0.25) is 15.9 Å². The van der Waals surface area contributed by atoms with Crippen molar-refractivity contribution in [1.82, 2.24) is 4.31 Å².